The first-order valence-electron chi connectivity index (χ1n) is 9.56. The zero-order valence-electron chi connectivity index (χ0n) is 16.6. The second kappa shape index (κ2) is 8.45. The quantitative estimate of drug-likeness (QED) is 0.619. The molecule has 1 saturated heterocycles. The van der Waals surface area contributed by atoms with Crippen molar-refractivity contribution in [1.29, 1.82) is 0 Å². The van der Waals surface area contributed by atoms with Crippen molar-refractivity contribution < 1.29 is 18.7 Å². The topological polar surface area (TPSA) is 80.3 Å². The Kier molecular flexibility index (Phi) is 5.71. The second-order valence-electron chi connectivity index (χ2n) is 7.39. The SMILES string of the molecule is Cc1cc(NC(=O)c2cccc(Cl)c2)cnc1C1(C(=O)Nc2ccc(F)cc2)COC1. The Labute approximate surface area is 183 Å². The number of amides is 2. The number of nitrogens with zero attached hydrogens (tertiary/aromatic N) is 1. The first kappa shape index (κ1) is 21.0. The van der Waals surface area contributed by atoms with Crippen LogP contribution in [0.2, 0.25) is 5.02 Å². The second-order valence-corrected chi connectivity index (χ2v) is 7.83. The van der Waals surface area contributed by atoms with Crippen molar-refractivity contribution in [3.63, 3.8) is 0 Å². The fourth-order valence-corrected chi connectivity index (χ4v) is 3.63. The third-order valence-corrected chi connectivity index (χ3v) is 5.34. The van der Waals surface area contributed by atoms with Crippen molar-refractivity contribution in [2.45, 2.75) is 12.3 Å². The summed E-state index contributed by atoms with van der Waals surface area (Å²) >= 11 is 5.95. The number of hydrogen-bond donors (Lipinski definition) is 2. The summed E-state index contributed by atoms with van der Waals surface area (Å²) in [5.41, 5.74) is 1.77. The van der Waals surface area contributed by atoms with Crippen LogP contribution in [0, 0.1) is 12.7 Å². The van der Waals surface area contributed by atoms with Gasteiger partial charge in [0, 0.05) is 16.3 Å². The molecule has 0 aliphatic carbocycles. The Morgan fingerprint density at radius 3 is 2.42 bits per heavy atom. The molecule has 31 heavy (non-hydrogen) atoms. The highest BCUT2D eigenvalue weighted by Gasteiger charge is 2.49. The van der Waals surface area contributed by atoms with Gasteiger partial charge in [0.05, 0.1) is 30.8 Å². The molecule has 0 bridgehead atoms. The summed E-state index contributed by atoms with van der Waals surface area (Å²) in [5.74, 6) is -0.975. The van der Waals surface area contributed by atoms with E-state index in [1.807, 2.05) is 6.92 Å². The maximum Gasteiger partial charge on any atom is 0.255 e. The summed E-state index contributed by atoms with van der Waals surface area (Å²) in [6.45, 7) is 2.19. The van der Waals surface area contributed by atoms with Crippen LogP contribution in [0.15, 0.2) is 60.8 Å². The third-order valence-electron chi connectivity index (χ3n) is 5.11. The molecule has 0 unspecified atom stereocenters. The fraction of sp³-hybridized carbons (Fsp3) is 0.174. The zero-order valence-corrected chi connectivity index (χ0v) is 17.4. The number of anilines is 2. The first-order chi connectivity index (χ1) is 14.9. The molecule has 3 aromatic rings. The van der Waals surface area contributed by atoms with Gasteiger partial charge in [-0.05, 0) is 61.0 Å². The zero-order chi connectivity index (χ0) is 22.0. The summed E-state index contributed by atoms with van der Waals surface area (Å²) < 4.78 is 18.5. The van der Waals surface area contributed by atoms with E-state index in [2.05, 4.69) is 15.6 Å². The fourth-order valence-electron chi connectivity index (χ4n) is 3.44. The van der Waals surface area contributed by atoms with Gasteiger partial charge in [-0.1, -0.05) is 17.7 Å². The number of halogens is 2. The average Bonchev–Trinajstić information content (AvgIpc) is 2.70. The molecule has 1 fully saturated rings. The predicted octanol–water partition coefficient (Wildman–Crippen LogP) is 4.34. The molecule has 158 valence electrons. The molecule has 1 aliphatic rings. The molecule has 2 N–H and O–H groups in total. The highest BCUT2D eigenvalue weighted by Crippen LogP contribution is 2.35. The molecule has 4 rings (SSSR count). The standard InChI is InChI=1S/C23H19ClFN3O3/c1-14-9-19(27-21(29)15-3-2-4-16(24)10-15)11-26-20(14)23(12-31-13-23)22(30)28-18-7-5-17(25)6-8-18/h2-11H,12-13H2,1H3,(H,27,29)(H,28,30). The molecule has 0 saturated carbocycles. The van der Waals surface area contributed by atoms with E-state index in [9.17, 15) is 14.0 Å². The summed E-state index contributed by atoms with van der Waals surface area (Å²) in [7, 11) is 0. The van der Waals surface area contributed by atoms with Crippen molar-refractivity contribution in [3.05, 3.63) is 88.5 Å². The maximum atomic E-state index is 13.1. The number of hydrogen-bond acceptors (Lipinski definition) is 4. The molecular weight excluding hydrogens is 421 g/mol. The van der Waals surface area contributed by atoms with Crippen LogP contribution in [0.3, 0.4) is 0 Å². The van der Waals surface area contributed by atoms with Gasteiger partial charge in [-0.2, -0.15) is 0 Å². The Bertz CT molecular complexity index is 1150. The maximum absolute atomic E-state index is 13.1. The van der Waals surface area contributed by atoms with Gasteiger partial charge in [0.25, 0.3) is 5.91 Å². The molecule has 0 radical (unpaired) electrons. The van der Waals surface area contributed by atoms with Crippen molar-refractivity contribution in [1.82, 2.24) is 4.98 Å². The average molecular weight is 440 g/mol. The first-order valence-corrected chi connectivity index (χ1v) is 9.94. The number of carbonyl (C=O) groups excluding carboxylic acids is 2. The Balaban J connectivity index is 1.53. The van der Waals surface area contributed by atoms with E-state index in [1.54, 1.807) is 30.3 Å². The number of pyridine rings is 1. The largest absolute Gasteiger partial charge is 0.378 e. The van der Waals surface area contributed by atoms with Crippen molar-refractivity contribution in [2.24, 2.45) is 0 Å². The van der Waals surface area contributed by atoms with E-state index < -0.39 is 5.41 Å². The number of benzene rings is 2. The Hall–Kier alpha value is -3.29. The highest BCUT2D eigenvalue weighted by molar-refractivity contribution is 6.31. The van der Waals surface area contributed by atoms with Gasteiger partial charge >= 0.3 is 0 Å². The molecule has 2 aromatic carbocycles. The number of aromatic nitrogens is 1. The van der Waals surface area contributed by atoms with E-state index in [1.165, 1.54) is 30.5 Å². The monoisotopic (exact) mass is 439 g/mol. The van der Waals surface area contributed by atoms with Crippen LogP contribution >= 0.6 is 11.6 Å². The number of aryl methyl sites for hydroxylation is 1. The Morgan fingerprint density at radius 2 is 1.81 bits per heavy atom. The lowest BCUT2D eigenvalue weighted by molar-refractivity contribution is -0.140. The molecule has 0 spiro atoms. The van der Waals surface area contributed by atoms with E-state index in [4.69, 9.17) is 16.3 Å². The molecular formula is C23H19ClFN3O3. The van der Waals surface area contributed by atoms with E-state index in [0.29, 0.717) is 27.7 Å². The van der Waals surface area contributed by atoms with Gasteiger partial charge in [-0.15, -0.1) is 0 Å². The normalized spacial score (nSPS) is 14.4. The van der Waals surface area contributed by atoms with Crippen LogP contribution in [-0.2, 0) is 14.9 Å². The molecule has 0 atom stereocenters. The summed E-state index contributed by atoms with van der Waals surface area (Å²) in [6, 6.07) is 13.9. The minimum atomic E-state index is -0.950. The smallest absolute Gasteiger partial charge is 0.255 e. The van der Waals surface area contributed by atoms with Gasteiger partial charge < -0.3 is 15.4 Å². The Morgan fingerprint density at radius 1 is 1.06 bits per heavy atom. The van der Waals surface area contributed by atoms with Crippen LogP contribution in [0.25, 0.3) is 0 Å². The van der Waals surface area contributed by atoms with Crippen molar-refractivity contribution in [3.8, 4) is 0 Å². The highest BCUT2D eigenvalue weighted by atomic mass is 35.5. The number of nitrogens with one attached hydrogen (secondary N) is 2. The van der Waals surface area contributed by atoms with E-state index in [0.717, 1.165) is 5.56 Å². The van der Waals surface area contributed by atoms with Crippen LogP contribution < -0.4 is 10.6 Å². The molecule has 2 amide bonds. The van der Waals surface area contributed by atoms with Crippen molar-refractivity contribution >= 4 is 34.8 Å². The molecule has 2 heterocycles. The summed E-state index contributed by atoms with van der Waals surface area (Å²) in [6.07, 6.45) is 1.51. The lowest BCUT2D eigenvalue weighted by atomic mass is 9.79. The van der Waals surface area contributed by atoms with Crippen LogP contribution in [-0.4, -0.2) is 30.0 Å². The molecule has 1 aliphatic heterocycles. The number of carbonyl (C=O) groups is 2. The van der Waals surface area contributed by atoms with Gasteiger partial charge in [-0.3, -0.25) is 14.6 Å². The molecule has 6 nitrogen and oxygen atoms in total. The van der Waals surface area contributed by atoms with Crippen LogP contribution in [0.1, 0.15) is 21.6 Å². The van der Waals surface area contributed by atoms with E-state index >= 15 is 0 Å². The molecule has 1 aromatic heterocycles. The third kappa shape index (κ3) is 4.28. The lowest BCUT2D eigenvalue weighted by Crippen LogP contribution is -2.56. The van der Waals surface area contributed by atoms with Crippen LogP contribution in [0.5, 0.6) is 0 Å². The predicted molar refractivity (Wildman–Crippen MR) is 116 cm³/mol. The number of rotatable bonds is 5. The van der Waals surface area contributed by atoms with Gasteiger partial charge in [-0.25, -0.2) is 4.39 Å². The number of ether oxygens (including phenoxy) is 1. The van der Waals surface area contributed by atoms with Crippen molar-refractivity contribution in [2.75, 3.05) is 23.8 Å². The minimum Gasteiger partial charge on any atom is -0.378 e. The summed E-state index contributed by atoms with van der Waals surface area (Å²) in [5, 5.41) is 6.06. The van der Waals surface area contributed by atoms with Gasteiger partial charge in [0.15, 0.2) is 0 Å². The van der Waals surface area contributed by atoms with Gasteiger partial charge in [0.2, 0.25) is 5.91 Å². The van der Waals surface area contributed by atoms with Crippen LogP contribution in [0.4, 0.5) is 15.8 Å². The molecule has 8 heteroatoms. The van der Waals surface area contributed by atoms with Gasteiger partial charge in [0.1, 0.15) is 11.2 Å². The minimum absolute atomic E-state index is 0.183. The lowest BCUT2D eigenvalue weighted by Gasteiger charge is -2.40. The van der Waals surface area contributed by atoms with E-state index in [-0.39, 0.29) is 30.8 Å². The summed E-state index contributed by atoms with van der Waals surface area (Å²) in [4.78, 5) is 30.0.